The molecular weight excluding hydrogens is 594 g/mol. The first kappa shape index (κ1) is 35.1. The minimum atomic E-state index is -0.491. The van der Waals surface area contributed by atoms with Crippen molar-refractivity contribution in [3.8, 4) is 34.5 Å². The number of carbonyl (C=O) groups is 3. The zero-order valence-electron chi connectivity index (χ0n) is 26.2. The Morgan fingerprint density at radius 1 is 0.761 bits per heavy atom. The lowest BCUT2D eigenvalue weighted by Gasteiger charge is -2.16. The van der Waals surface area contributed by atoms with Crippen LogP contribution in [0.1, 0.15) is 48.4 Å². The van der Waals surface area contributed by atoms with E-state index in [-0.39, 0.29) is 58.8 Å². The third kappa shape index (κ3) is 10.4. The van der Waals surface area contributed by atoms with Gasteiger partial charge in [-0.15, -0.1) is 0 Å². The van der Waals surface area contributed by atoms with Gasteiger partial charge in [-0.2, -0.15) is 0 Å². The number of unbranched alkanes of at least 4 members (excludes halogenated alkanes) is 1. The van der Waals surface area contributed by atoms with Crippen LogP contribution in [0.15, 0.2) is 48.5 Å². The molecule has 12 heteroatoms. The minimum absolute atomic E-state index is 0.0334. The maximum absolute atomic E-state index is 13.6. The molecule has 0 aliphatic carbocycles. The molecule has 7 N–H and O–H groups in total. The van der Waals surface area contributed by atoms with Gasteiger partial charge >= 0.3 is 0 Å². The van der Waals surface area contributed by atoms with E-state index in [9.17, 15) is 34.8 Å². The van der Waals surface area contributed by atoms with Gasteiger partial charge in [0.1, 0.15) is 5.75 Å². The zero-order valence-corrected chi connectivity index (χ0v) is 26.2. The lowest BCUT2D eigenvalue weighted by atomic mass is 9.93. The Bertz CT molecular complexity index is 1530. The molecule has 0 radical (unpaired) electrons. The van der Waals surface area contributed by atoms with E-state index in [0.29, 0.717) is 50.0 Å². The number of benzene rings is 3. The molecule has 0 saturated carbocycles. The zero-order chi connectivity index (χ0) is 33.6. The van der Waals surface area contributed by atoms with Crippen LogP contribution in [0.4, 0.5) is 0 Å². The van der Waals surface area contributed by atoms with Crippen LogP contribution in [0.5, 0.6) is 34.5 Å². The molecule has 3 rings (SSSR count). The summed E-state index contributed by atoms with van der Waals surface area (Å²) in [6.45, 7) is 2.56. The van der Waals surface area contributed by atoms with Crippen molar-refractivity contribution in [1.29, 1.82) is 0 Å². The van der Waals surface area contributed by atoms with Gasteiger partial charge in [0.05, 0.1) is 14.2 Å². The molecule has 0 unspecified atom stereocenters. The number of ether oxygens (including phenoxy) is 2. The number of hydrogen-bond donors (Lipinski definition) is 7. The van der Waals surface area contributed by atoms with Gasteiger partial charge < -0.3 is 45.9 Å². The summed E-state index contributed by atoms with van der Waals surface area (Å²) in [4.78, 5) is 37.5. The predicted octanol–water partition coefficient (Wildman–Crippen LogP) is 3.39. The molecular formula is C34H41N3O9. The van der Waals surface area contributed by atoms with Gasteiger partial charge in [0, 0.05) is 38.6 Å². The Labute approximate surface area is 267 Å². The highest BCUT2D eigenvalue weighted by atomic mass is 16.5. The van der Waals surface area contributed by atoms with Crippen molar-refractivity contribution < 1.29 is 44.3 Å². The quantitative estimate of drug-likeness (QED) is 0.0536. The van der Waals surface area contributed by atoms with Crippen molar-refractivity contribution >= 4 is 29.4 Å². The molecule has 0 fully saturated rings. The van der Waals surface area contributed by atoms with Crippen molar-refractivity contribution in [2.24, 2.45) is 0 Å². The highest BCUT2D eigenvalue weighted by Gasteiger charge is 2.20. The number of rotatable bonds is 16. The molecule has 0 saturated heterocycles. The standard InChI is InChI=1S/C34H41N3O9/c1-21(38)35-13-4-5-14-37-34(44)27(16-23-17-30(45-2)33(43)31(18-23)46-3)26-20-29(41)28(40)19-24(26)8-11-32(42)36-15-12-22-6-9-25(39)10-7-22/h6-7,9-10,16-20,39-41,43H,4-5,8,11-15H2,1-3H3,(H,35,38)(H,36,42)(H,37,44)/b27-16+. The summed E-state index contributed by atoms with van der Waals surface area (Å²) in [6, 6.07) is 12.3. The summed E-state index contributed by atoms with van der Waals surface area (Å²) in [7, 11) is 2.75. The number of phenols is 4. The maximum atomic E-state index is 13.6. The Balaban J connectivity index is 1.87. The molecule has 12 nitrogen and oxygen atoms in total. The fraction of sp³-hybridized carbons (Fsp3) is 0.324. The second-order valence-electron chi connectivity index (χ2n) is 10.5. The fourth-order valence-electron chi connectivity index (χ4n) is 4.66. The Hall–Kier alpha value is -5.39. The summed E-state index contributed by atoms with van der Waals surface area (Å²) in [5.41, 5.74) is 2.23. The molecule has 0 aliphatic heterocycles. The highest BCUT2D eigenvalue weighted by Crippen LogP contribution is 2.39. The second kappa shape index (κ2) is 17.2. The lowest BCUT2D eigenvalue weighted by Crippen LogP contribution is -2.27. The van der Waals surface area contributed by atoms with E-state index in [0.717, 1.165) is 5.56 Å². The number of carbonyl (C=O) groups excluding carboxylic acids is 3. The second-order valence-corrected chi connectivity index (χ2v) is 10.5. The van der Waals surface area contributed by atoms with E-state index in [1.807, 2.05) is 0 Å². The molecule has 0 aliphatic rings. The summed E-state index contributed by atoms with van der Waals surface area (Å²) in [5, 5.41) is 49.0. The SMILES string of the molecule is COc1cc(/C=C(/C(=O)NCCCCNC(C)=O)c2cc(O)c(O)cc2CCC(=O)NCCc2ccc(O)cc2)cc(OC)c1O. The number of amides is 3. The molecule has 3 aromatic carbocycles. The van der Waals surface area contributed by atoms with Crippen molar-refractivity contribution in [3.63, 3.8) is 0 Å². The number of aryl methyl sites for hydroxylation is 1. The molecule has 46 heavy (non-hydrogen) atoms. The third-order valence-corrected chi connectivity index (χ3v) is 7.10. The fourth-order valence-corrected chi connectivity index (χ4v) is 4.66. The molecule has 0 spiro atoms. The van der Waals surface area contributed by atoms with Gasteiger partial charge in [-0.1, -0.05) is 12.1 Å². The summed E-state index contributed by atoms with van der Waals surface area (Å²) >= 11 is 0. The number of phenolic OH excluding ortho intramolecular Hbond substituents is 4. The van der Waals surface area contributed by atoms with Gasteiger partial charge in [0.25, 0.3) is 5.91 Å². The van der Waals surface area contributed by atoms with Gasteiger partial charge in [0.15, 0.2) is 23.0 Å². The molecule has 3 aromatic rings. The molecule has 0 atom stereocenters. The number of aromatic hydroxyl groups is 4. The van der Waals surface area contributed by atoms with Crippen LogP contribution in [-0.2, 0) is 27.2 Å². The van der Waals surface area contributed by atoms with Crippen molar-refractivity contribution in [2.45, 2.75) is 39.0 Å². The number of nitrogens with one attached hydrogen (secondary N) is 3. The van der Waals surface area contributed by atoms with Gasteiger partial charge in [-0.3, -0.25) is 14.4 Å². The third-order valence-electron chi connectivity index (χ3n) is 7.10. The average Bonchev–Trinajstić information content (AvgIpc) is 3.03. The van der Waals surface area contributed by atoms with E-state index >= 15 is 0 Å². The van der Waals surface area contributed by atoms with E-state index in [1.54, 1.807) is 24.3 Å². The van der Waals surface area contributed by atoms with Gasteiger partial charge in [0.2, 0.25) is 17.6 Å². The molecule has 3 amide bonds. The van der Waals surface area contributed by atoms with E-state index in [2.05, 4.69) is 16.0 Å². The highest BCUT2D eigenvalue weighted by molar-refractivity contribution is 6.24. The van der Waals surface area contributed by atoms with E-state index in [1.165, 1.54) is 51.5 Å². The minimum Gasteiger partial charge on any atom is -0.508 e. The monoisotopic (exact) mass is 635 g/mol. The topological polar surface area (TPSA) is 187 Å². The number of methoxy groups -OCH3 is 2. The van der Waals surface area contributed by atoms with Crippen LogP contribution >= 0.6 is 0 Å². The Morgan fingerprint density at radius 2 is 1.37 bits per heavy atom. The summed E-state index contributed by atoms with van der Waals surface area (Å²) in [5.74, 6) is -1.57. The molecule has 0 heterocycles. The van der Waals surface area contributed by atoms with Crippen molar-refractivity contribution in [1.82, 2.24) is 16.0 Å². The van der Waals surface area contributed by atoms with Crippen LogP contribution in [0.3, 0.4) is 0 Å². The maximum Gasteiger partial charge on any atom is 0.251 e. The van der Waals surface area contributed by atoms with E-state index in [4.69, 9.17) is 9.47 Å². The van der Waals surface area contributed by atoms with Crippen LogP contribution in [0.2, 0.25) is 0 Å². The first-order valence-corrected chi connectivity index (χ1v) is 14.8. The van der Waals surface area contributed by atoms with Crippen LogP contribution in [0.25, 0.3) is 11.6 Å². The van der Waals surface area contributed by atoms with Crippen LogP contribution in [-0.4, -0.2) is 72.0 Å². The molecule has 0 aromatic heterocycles. The molecule has 246 valence electrons. The smallest absolute Gasteiger partial charge is 0.251 e. The lowest BCUT2D eigenvalue weighted by molar-refractivity contribution is -0.121. The first-order chi connectivity index (χ1) is 22.0. The Morgan fingerprint density at radius 3 is 1.98 bits per heavy atom. The Kier molecular flexibility index (Phi) is 13.1. The normalized spacial score (nSPS) is 11.1. The largest absolute Gasteiger partial charge is 0.508 e. The van der Waals surface area contributed by atoms with Gasteiger partial charge in [-0.05, 0) is 90.4 Å². The van der Waals surface area contributed by atoms with Crippen LogP contribution in [0, 0.1) is 0 Å². The van der Waals surface area contributed by atoms with Gasteiger partial charge in [-0.25, -0.2) is 0 Å². The first-order valence-electron chi connectivity index (χ1n) is 14.8. The predicted molar refractivity (Wildman–Crippen MR) is 173 cm³/mol. The number of hydrogen-bond acceptors (Lipinski definition) is 9. The van der Waals surface area contributed by atoms with Crippen molar-refractivity contribution in [2.75, 3.05) is 33.9 Å². The van der Waals surface area contributed by atoms with Crippen LogP contribution < -0.4 is 25.4 Å². The van der Waals surface area contributed by atoms with Crippen molar-refractivity contribution in [3.05, 3.63) is 70.8 Å². The molecule has 0 bridgehead atoms. The summed E-state index contributed by atoms with van der Waals surface area (Å²) in [6.07, 6.45) is 3.48. The summed E-state index contributed by atoms with van der Waals surface area (Å²) < 4.78 is 10.5. The van der Waals surface area contributed by atoms with E-state index < -0.39 is 17.4 Å². The average molecular weight is 636 g/mol.